The van der Waals surface area contributed by atoms with Crippen LogP contribution in [0.25, 0.3) is 0 Å². The molecular weight excluding hydrogens is 246 g/mol. The van der Waals surface area contributed by atoms with Crippen LogP contribution in [0.1, 0.15) is 17.2 Å². The van der Waals surface area contributed by atoms with E-state index in [0.29, 0.717) is 5.88 Å². The van der Waals surface area contributed by atoms with Gasteiger partial charge in [0.05, 0.1) is 7.11 Å². The molecule has 1 aromatic carbocycles. The number of hydrogen-bond acceptors (Lipinski definition) is 4. The van der Waals surface area contributed by atoms with Crippen LogP contribution < -0.4 is 4.74 Å². The Balaban J connectivity index is 2.20. The molecule has 1 heterocycles. The Kier molecular flexibility index (Phi) is 4.23. The number of hydrogen-bond donors (Lipinski definition) is 1. The number of benzene rings is 1. The first-order chi connectivity index (χ1) is 8.74. The van der Waals surface area contributed by atoms with Crippen LogP contribution in [0.15, 0.2) is 47.5 Å². The molecule has 1 N–H and O–H groups in total. The van der Waals surface area contributed by atoms with Crippen molar-refractivity contribution in [3.05, 3.63) is 53.7 Å². The molecule has 2 aromatic rings. The SMILES string of the molecule is COc1ccc([C@@H](O)c2ccc(SC)cc2)cn1. The third kappa shape index (κ3) is 2.83. The second-order valence-corrected chi connectivity index (χ2v) is 4.69. The number of thioether (sulfide) groups is 1. The van der Waals surface area contributed by atoms with Crippen molar-refractivity contribution in [2.24, 2.45) is 0 Å². The Bertz CT molecular complexity index is 449. The van der Waals surface area contributed by atoms with Crippen molar-refractivity contribution in [2.45, 2.75) is 11.0 Å². The number of aliphatic hydroxyl groups is 1. The first-order valence-corrected chi connectivity index (χ1v) is 6.79. The van der Waals surface area contributed by atoms with Gasteiger partial charge in [0.1, 0.15) is 6.10 Å². The van der Waals surface area contributed by atoms with Crippen LogP contribution in [0.2, 0.25) is 0 Å². The summed E-state index contributed by atoms with van der Waals surface area (Å²) in [7, 11) is 1.57. The maximum atomic E-state index is 10.2. The maximum Gasteiger partial charge on any atom is 0.212 e. The number of methoxy groups -OCH3 is 1. The summed E-state index contributed by atoms with van der Waals surface area (Å²) >= 11 is 1.68. The zero-order valence-electron chi connectivity index (χ0n) is 10.3. The summed E-state index contributed by atoms with van der Waals surface area (Å²) in [6, 6.07) is 11.4. The van der Waals surface area contributed by atoms with Gasteiger partial charge in [0, 0.05) is 22.7 Å². The third-order valence-corrected chi connectivity index (χ3v) is 3.46. The van der Waals surface area contributed by atoms with Gasteiger partial charge in [0.25, 0.3) is 0 Å². The summed E-state index contributed by atoms with van der Waals surface area (Å²) in [6.45, 7) is 0. The van der Waals surface area contributed by atoms with Crippen LogP contribution in [0.3, 0.4) is 0 Å². The van der Waals surface area contributed by atoms with Crippen LogP contribution in [0, 0.1) is 0 Å². The van der Waals surface area contributed by atoms with E-state index in [-0.39, 0.29) is 0 Å². The molecule has 0 spiro atoms. The van der Waals surface area contributed by atoms with E-state index in [1.54, 1.807) is 31.1 Å². The molecule has 0 saturated carbocycles. The minimum absolute atomic E-state index is 0.545. The van der Waals surface area contributed by atoms with E-state index >= 15 is 0 Å². The zero-order chi connectivity index (χ0) is 13.0. The van der Waals surface area contributed by atoms with Gasteiger partial charge < -0.3 is 9.84 Å². The van der Waals surface area contributed by atoms with Crippen LogP contribution in [-0.4, -0.2) is 23.5 Å². The molecule has 18 heavy (non-hydrogen) atoms. The first-order valence-electron chi connectivity index (χ1n) is 5.56. The van der Waals surface area contributed by atoms with Gasteiger partial charge in [-0.25, -0.2) is 4.98 Å². The lowest BCUT2D eigenvalue weighted by Crippen LogP contribution is -2.00. The molecular formula is C14H15NO2S. The summed E-state index contributed by atoms with van der Waals surface area (Å²) in [5.74, 6) is 0.545. The fraction of sp³-hybridized carbons (Fsp3) is 0.214. The first kappa shape index (κ1) is 12.9. The van der Waals surface area contributed by atoms with Crippen LogP contribution in [0.5, 0.6) is 5.88 Å². The van der Waals surface area contributed by atoms with E-state index in [9.17, 15) is 5.11 Å². The summed E-state index contributed by atoms with van der Waals surface area (Å²) in [5, 5.41) is 10.2. The fourth-order valence-corrected chi connectivity index (χ4v) is 2.06. The highest BCUT2D eigenvalue weighted by atomic mass is 32.2. The molecule has 0 amide bonds. The van der Waals surface area contributed by atoms with E-state index in [1.807, 2.05) is 36.6 Å². The molecule has 0 aliphatic carbocycles. The van der Waals surface area contributed by atoms with E-state index in [4.69, 9.17) is 4.74 Å². The molecule has 1 aromatic heterocycles. The van der Waals surface area contributed by atoms with Crippen molar-refractivity contribution < 1.29 is 9.84 Å². The lowest BCUT2D eigenvalue weighted by molar-refractivity contribution is 0.219. The van der Waals surface area contributed by atoms with Crippen molar-refractivity contribution in [1.29, 1.82) is 0 Å². The topological polar surface area (TPSA) is 42.4 Å². The smallest absolute Gasteiger partial charge is 0.212 e. The Morgan fingerprint density at radius 2 is 1.78 bits per heavy atom. The molecule has 2 rings (SSSR count). The van der Waals surface area contributed by atoms with Crippen LogP contribution in [0.4, 0.5) is 0 Å². The highest BCUT2D eigenvalue weighted by Crippen LogP contribution is 2.24. The van der Waals surface area contributed by atoms with Crippen LogP contribution in [-0.2, 0) is 0 Å². The molecule has 4 heteroatoms. The molecule has 0 aliphatic heterocycles. The largest absolute Gasteiger partial charge is 0.481 e. The summed E-state index contributed by atoms with van der Waals surface area (Å²) in [6.07, 6.45) is 3.00. The van der Waals surface area contributed by atoms with Crippen molar-refractivity contribution >= 4 is 11.8 Å². The molecule has 94 valence electrons. The number of nitrogens with zero attached hydrogens (tertiary/aromatic N) is 1. The van der Waals surface area contributed by atoms with E-state index < -0.39 is 6.10 Å². The van der Waals surface area contributed by atoms with Gasteiger partial charge in [-0.15, -0.1) is 11.8 Å². The van der Waals surface area contributed by atoms with Gasteiger partial charge in [-0.1, -0.05) is 12.1 Å². The monoisotopic (exact) mass is 261 g/mol. The number of pyridine rings is 1. The summed E-state index contributed by atoms with van der Waals surface area (Å²) in [4.78, 5) is 5.27. The second-order valence-electron chi connectivity index (χ2n) is 3.81. The van der Waals surface area contributed by atoms with Gasteiger partial charge >= 0.3 is 0 Å². The highest BCUT2D eigenvalue weighted by Gasteiger charge is 2.10. The highest BCUT2D eigenvalue weighted by molar-refractivity contribution is 7.98. The third-order valence-electron chi connectivity index (χ3n) is 2.72. The molecule has 0 aliphatic rings. The Labute approximate surface area is 111 Å². The van der Waals surface area contributed by atoms with Gasteiger partial charge in [0.15, 0.2) is 0 Å². The van der Waals surface area contributed by atoms with Gasteiger partial charge in [-0.05, 0) is 30.0 Å². The number of ether oxygens (including phenoxy) is 1. The van der Waals surface area contributed by atoms with E-state index in [2.05, 4.69) is 4.98 Å². The number of rotatable bonds is 4. The fourth-order valence-electron chi connectivity index (χ4n) is 1.65. The average molecular weight is 261 g/mol. The Morgan fingerprint density at radius 1 is 1.11 bits per heavy atom. The molecule has 0 fully saturated rings. The summed E-state index contributed by atoms with van der Waals surface area (Å²) < 4.78 is 4.99. The molecule has 0 bridgehead atoms. The maximum absolute atomic E-state index is 10.2. The zero-order valence-corrected chi connectivity index (χ0v) is 11.1. The lowest BCUT2D eigenvalue weighted by Gasteiger charge is -2.11. The minimum Gasteiger partial charge on any atom is -0.481 e. The van der Waals surface area contributed by atoms with Crippen LogP contribution >= 0.6 is 11.8 Å². The van der Waals surface area contributed by atoms with Crippen molar-refractivity contribution in [1.82, 2.24) is 4.98 Å². The average Bonchev–Trinajstić information content (AvgIpc) is 2.47. The Hall–Kier alpha value is -1.52. The quantitative estimate of drug-likeness (QED) is 0.859. The molecule has 1 atom stereocenters. The second kappa shape index (κ2) is 5.89. The van der Waals surface area contributed by atoms with E-state index in [0.717, 1.165) is 11.1 Å². The normalized spacial score (nSPS) is 12.2. The lowest BCUT2D eigenvalue weighted by atomic mass is 10.0. The van der Waals surface area contributed by atoms with Gasteiger partial charge in [-0.3, -0.25) is 0 Å². The predicted octanol–water partition coefficient (Wildman–Crippen LogP) is 2.89. The number of aliphatic hydroxyl groups excluding tert-OH is 1. The van der Waals surface area contributed by atoms with Crippen molar-refractivity contribution in [2.75, 3.05) is 13.4 Å². The summed E-state index contributed by atoms with van der Waals surface area (Å²) in [5.41, 5.74) is 1.62. The molecule has 0 radical (unpaired) electrons. The van der Waals surface area contributed by atoms with E-state index in [1.165, 1.54) is 4.90 Å². The van der Waals surface area contributed by atoms with Gasteiger partial charge in [0.2, 0.25) is 5.88 Å². The minimum atomic E-state index is -0.653. The van der Waals surface area contributed by atoms with Gasteiger partial charge in [-0.2, -0.15) is 0 Å². The molecule has 3 nitrogen and oxygen atoms in total. The van der Waals surface area contributed by atoms with Crippen molar-refractivity contribution in [3.8, 4) is 5.88 Å². The van der Waals surface area contributed by atoms with Crippen molar-refractivity contribution in [3.63, 3.8) is 0 Å². The Morgan fingerprint density at radius 3 is 2.28 bits per heavy atom. The molecule has 0 saturated heterocycles. The molecule has 0 unspecified atom stereocenters. The predicted molar refractivity (Wildman–Crippen MR) is 73.1 cm³/mol. The number of aromatic nitrogens is 1. The standard InChI is InChI=1S/C14H15NO2S/c1-17-13-8-5-11(9-15-13)14(16)10-3-6-12(18-2)7-4-10/h3-9,14,16H,1-2H3/t14-/m0/s1.